The molecule has 0 radical (unpaired) electrons. The Morgan fingerprint density at radius 2 is 2.00 bits per heavy atom. The van der Waals surface area contributed by atoms with Crippen LogP contribution in [0.15, 0.2) is 33.3 Å². The summed E-state index contributed by atoms with van der Waals surface area (Å²) in [6.07, 6.45) is 2.12. The normalized spacial score (nSPS) is 17.1. The zero-order chi connectivity index (χ0) is 19.1. The highest BCUT2D eigenvalue weighted by atomic mass is 79.9. The van der Waals surface area contributed by atoms with E-state index in [-0.39, 0.29) is 5.91 Å². The van der Waals surface area contributed by atoms with Crippen molar-refractivity contribution in [3.63, 3.8) is 0 Å². The lowest BCUT2D eigenvalue weighted by molar-refractivity contribution is 0.102. The van der Waals surface area contributed by atoms with Crippen molar-refractivity contribution in [1.82, 2.24) is 15.0 Å². The van der Waals surface area contributed by atoms with Gasteiger partial charge in [-0.2, -0.15) is 4.98 Å². The molecule has 8 nitrogen and oxygen atoms in total. The zero-order valence-electron chi connectivity index (χ0n) is 15.0. The predicted octanol–water partition coefficient (Wildman–Crippen LogP) is 3.35. The van der Waals surface area contributed by atoms with E-state index in [1.807, 2.05) is 11.0 Å². The molecule has 1 N–H and O–H groups in total. The number of morpholine rings is 1. The van der Waals surface area contributed by atoms with E-state index in [1.165, 1.54) is 0 Å². The summed E-state index contributed by atoms with van der Waals surface area (Å²) >= 11 is 3.30. The average Bonchev–Trinajstić information content (AvgIpc) is 3.47. The van der Waals surface area contributed by atoms with Gasteiger partial charge in [-0.3, -0.25) is 4.79 Å². The Morgan fingerprint density at radius 1 is 1.18 bits per heavy atom. The maximum Gasteiger partial charge on any atom is 0.300 e. The molecule has 2 fully saturated rings. The first kappa shape index (κ1) is 17.6. The molecule has 0 spiro atoms. The number of carbonyl (C=O) groups is 1. The van der Waals surface area contributed by atoms with E-state index in [2.05, 4.69) is 31.2 Å². The van der Waals surface area contributed by atoms with Crippen molar-refractivity contribution >= 4 is 44.8 Å². The number of amides is 1. The molecule has 0 unspecified atom stereocenters. The Labute approximate surface area is 169 Å². The van der Waals surface area contributed by atoms with Gasteiger partial charge >= 0.3 is 0 Å². The van der Waals surface area contributed by atoms with E-state index < -0.39 is 0 Å². The highest BCUT2D eigenvalue weighted by molar-refractivity contribution is 9.10. The number of carbonyl (C=O) groups excluding carboxylic acids is 1. The standard InChI is InChI=1S/C19H18BrN5O3/c20-15-3-1-2-12(21-15)18(26)22-13-10-14-17(23-16(13)11-4-5-11)24-19(28-14)25-6-8-27-9-7-25/h1-3,10-11H,4-9H2,(H,22,26). The van der Waals surface area contributed by atoms with E-state index in [4.69, 9.17) is 14.1 Å². The van der Waals surface area contributed by atoms with E-state index in [0.29, 0.717) is 52.4 Å². The summed E-state index contributed by atoms with van der Waals surface area (Å²) < 4.78 is 11.9. The van der Waals surface area contributed by atoms with Gasteiger partial charge in [-0.25, -0.2) is 9.97 Å². The monoisotopic (exact) mass is 443 g/mol. The number of hydrogen-bond acceptors (Lipinski definition) is 7. The molecule has 1 aliphatic heterocycles. The minimum atomic E-state index is -0.280. The molecule has 3 aromatic heterocycles. The summed E-state index contributed by atoms with van der Waals surface area (Å²) in [6, 6.07) is 7.60. The molecule has 1 aliphatic carbocycles. The number of rotatable bonds is 4. The first-order chi connectivity index (χ1) is 13.7. The minimum Gasteiger partial charge on any atom is -0.422 e. The third-order valence-electron chi connectivity index (χ3n) is 4.84. The first-order valence-electron chi connectivity index (χ1n) is 9.25. The molecule has 0 atom stereocenters. The van der Waals surface area contributed by atoms with Gasteiger partial charge in [0.15, 0.2) is 5.58 Å². The Kier molecular flexibility index (Phi) is 4.48. The molecule has 5 rings (SSSR count). The number of anilines is 2. The number of ether oxygens (including phenoxy) is 1. The van der Waals surface area contributed by atoms with Crippen LogP contribution in [0.3, 0.4) is 0 Å². The van der Waals surface area contributed by atoms with Crippen LogP contribution in [0, 0.1) is 0 Å². The van der Waals surface area contributed by atoms with Crippen LogP contribution in [-0.2, 0) is 4.74 Å². The second kappa shape index (κ2) is 7.14. The summed E-state index contributed by atoms with van der Waals surface area (Å²) in [5.74, 6) is 0.0657. The Bertz CT molecular complexity index is 1040. The lowest BCUT2D eigenvalue weighted by atomic mass is 10.2. The fourth-order valence-corrected chi connectivity index (χ4v) is 3.59. The summed E-state index contributed by atoms with van der Waals surface area (Å²) in [4.78, 5) is 28.2. The molecular weight excluding hydrogens is 426 g/mol. The SMILES string of the molecule is O=C(Nc1cc2oc(N3CCOCC3)nc2nc1C1CC1)c1cccc(Br)n1. The fourth-order valence-electron chi connectivity index (χ4n) is 3.25. The van der Waals surface area contributed by atoms with Crippen molar-refractivity contribution in [3.05, 3.63) is 40.3 Å². The molecule has 0 bridgehead atoms. The number of pyridine rings is 2. The molecule has 28 heavy (non-hydrogen) atoms. The van der Waals surface area contributed by atoms with Crippen LogP contribution in [0.25, 0.3) is 11.2 Å². The van der Waals surface area contributed by atoms with Crippen LogP contribution in [0.1, 0.15) is 34.9 Å². The van der Waals surface area contributed by atoms with Crippen molar-refractivity contribution in [1.29, 1.82) is 0 Å². The molecule has 9 heteroatoms. The van der Waals surface area contributed by atoms with Gasteiger partial charge in [0.1, 0.15) is 10.3 Å². The van der Waals surface area contributed by atoms with Gasteiger partial charge in [0.25, 0.3) is 11.9 Å². The number of nitrogens with zero attached hydrogens (tertiary/aromatic N) is 4. The van der Waals surface area contributed by atoms with Crippen molar-refractivity contribution in [2.24, 2.45) is 0 Å². The lowest BCUT2D eigenvalue weighted by Crippen LogP contribution is -2.36. The number of halogens is 1. The quantitative estimate of drug-likeness (QED) is 0.617. The topological polar surface area (TPSA) is 93.4 Å². The largest absolute Gasteiger partial charge is 0.422 e. The average molecular weight is 444 g/mol. The van der Waals surface area contributed by atoms with Gasteiger partial charge in [-0.05, 0) is 40.9 Å². The van der Waals surface area contributed by atoms with Crippen LogP contribution in [0.2, 0.25) is 0 Å². The second-order valence-electron chi connectivity index (χ2n) is 6.91. The van der Waals surface area contributed by atoms with Crippen molar-refractivity contribution < 1.29 is 13.9 Å². The molecule has 4 heterocycles. The van der Waals surface area contributed by atoms with E-state index in [0.717, 1.165) is 31.6 Å². The van der Waals surface area contributed by atoms with Crippen LogP contribution in [-0.4, -0.2) is 47.2 Å². The minimum absolute atomic E-state index is 0.280. The fraction of sp³-hybridized carbons (Fsp3) is 0.368. The van der Waals surface area contributed by atoms with Gasteiger partial charge in [0.05, 0.1) is 24.6 Å². The van der Waals surface area contributed by atoms with E-state index >= 15 is 0 Å². The number of fused-ring (bicyclic) bond motifs is 1. The van der Waals surface area contributed by atoms with Crippen molar-refractivity contribution in [2.45, 2.75) is 18.8 Å². The third-order valence-corrected chi connectivity index (χ3v) is 5.28. The van der Waals surface area contributed by atoms with E-state index in [1.54, 1.807) is 18.2 Å². The summed E-state index contributed by atoms with van der Waals surface area (Å²) in [5.41, 5.74) is 2.98. The van der Waals surface area contributed by atoms with Crippen molar-refractivity contribution in [2.75, 3.05) is 36.5 Å². The second-order valence-corrected chi connectivity index (χ2v) is 7.73. The Balaban J connectivity index is 1.48. The lowest BCUT2D eigenvalue weighted by Gasteiger charge is -2.24. The number of nitrogens with one attached hydrogen (secondary N) is 1. The molecular formula is C19H18BrN5O3. The van der Waals surface area contributed by atoms with Crippen LogP contribution < -0.4 is 10.2 Å². The van der Waals surface area contributed by atoms with Gasteiger partial charge < -0.3 is 19.4 Å². The molecule has 1 saturated heterocycles. The third kappa shape index (κ3) is 3.47. The molecule has 3 aromatic rings. The van der Waals surface area contributed by atoms with Crippen molar-refractivity contribution in [3.8, 4) is 0 Å². The predicted molar refractivity (Wildman–Crippen MR) is 107 cm³/mol. The molecule has 144 valence electrons. The zero-order valence-corrected chi connectivity index (χ0v) is 16.6. The molecule has 1 saturated carbocycles. The Morgan fingerprint density at radius 3 is 2.75 bits per heavy atom. The maximum absolute atomic E-state index is 12.7. The van der Waals surface area contributed by atoms with Crippen LogP contribution in [0.5, 0.6) is 0 Å². The summed E-state index contributed by atoms with van der Waals surface area (Å²) in [6.45, 7) is 2.78. The summed E-state index contributed by atoms with van der Waals surface area (Å²) in [7, 11) is 0. The van der Waals surface area contributed by atoms with Gasteiger partial charge in [0.2, 0.25) is 5.65 Å². The Hall–Kier alpha value is -2.52. The maximum atomic E-state index is 12.7. The van der Waals surface area contributed by atoms with Crippen LogP contribution >= 0.6 is 15.9 Å². The molecule has 0 aromatic carbocycles. The smallest absolute Gasteiger partial charge is 0.300 e. The number of hydrogen-bond donors (Lipinski definition) is 1. The van der Waals surface area contributed by atoms with E-state index in [9.17, 15) is 4.79 Å². The van der Waals surface area contributed by atoms with Gasteiger partial charge in [-0.15, -0.1) is 0 Å². The molecule has 1 amide bonds. The highest BCUT2D eigenvalue weighted by Crippen LogP contribution is 2.43. The number of oxazole rings is 1. The van der Waals surface area contributed by atoms with Gasteiger partial charge in [-0.1, -0.05) is 6.07 Å². The summed E-state index contributed by atoms with van der Waals surface area (Å²) in [5, 5.41) is 2.95. The highest BCUT2D eigenvalue weighted by Gasteiger charge is 2.30. The van der Waals surface area contributed by atoms with Gasteiger partial charge in [0, 0.05) is 25.1 Å². The molecule has 2 aliphatic rings. The van der Waals surface area contributed by atoms with Crippen LogP contribution in [0.4, 0.5) is 11.7 Å². The number of aromatic nitrogens is 3. The first-order valence-corrected chi connectivity index (χ1v) is 10.0.